The Kier molecular flexibility index (Phi) is 3.88. The summed E-state index contributed by atoms with van der Waals surface area (Å²) in [6, 6.07) is 5.28. The van der Waals surface area contributed by atoms with Crippen molar-refractivity contribution in [1.82, 2.24) is 4.98 Å². The van der Waals surface area contributed by atoms with Crippen molar-refractivity contribution < 1.29 is 23.4 Å². The van der Waals surface area contributed by atoms with E-state index < -0.39 is 5.79 Å². The highest BCUT2D eigenvalue weighted by atomic mass is 16.7. The molecule has 4 rings (SSSR count). The Labute approximate surface area is 145 Å². The molecule has 7 heteroatoms. The highest BCUT2D eigenvalue weighted by Crippen LogP contribution is 2.40. The number of benzene rings is 1. The number of anilines is 1. The molecular formula is C18H20N2O5. The maximum absolute atomic E-state index is 12.4. The molecule has 1 aromatic carbocycles. The van der Waals surface area contributed by atoms with Crippen LogP contribution >= 0.6 is 0 Å². The molecule has 0 unspecified atom stereocenters. The van der Waals surface area contributed by atoms with Crippen molar-refractivity contribution in [3.8, 4) is 11.5 Å². The predicted octanol–water partition coefficient (Wildman–Crippen LogP) is 3.33. The predicted molar refractivity (Wildman–Crippen MR) is 89.0 cm³/mol. The van der Waals surface area contributed by atoms with Gasteiger partial charge in [0.25, 0.3) is 5.91 Å². The third kappa shape index (κ3) is 3.32. The molecular weight excluding hydrogens is 324 g/mol. The Bertz CT molecular complexity index is 793. The summed E-state index contributed by atoms with van der Waals surface area (Å²) >= 11 is 0. The summed E-state index contributed by atoms with van der Waals surface area (Å²) in [7, 11) is 0. The molecule has 0 atom stereocenters. The number of carbonyl (C=O) groups is 1. The number of amides is 1. The van der Waals surface area contributed by atoms with Crippen molar-refractivity contribution in [1.29, 1.82) is 0 Å². The Morgan fingerprint density at radius 3 is 2.76 bits per heavy atom. The highest BCUT2D eigenvalue weighted by molar-refractivity contribution is 6.02. The van der Waals surface area contributed by atoms with Gasteiger partial charge >= 0.3 is 0 Å². The van der Waals surface area contributed by atoms with Gasteiger partial charge in [0.1, 0.15) is 6.26 Å². The van der Waals surface area contributed by atoms with Gasteiger partial charge in [0.2, 0.25) is 5.79 Å². The first-order valence-corrected chi connectivity index (χ1v) is 8.37. The van der Waals surface area contributed by atoms with Gasteiger partial charge in [-0.05, 0) is 25.0 Å². The van der Waals surface area contributed by atoms with Crippen LogP contribution in [-0.4, -0.2) is 29.9 Å². The normalized spacial score (nSPS) is 19.0. The molecule has 1 amide bonds. The van der Waals surface area contributed by atoms with Crippen LogP contribution in [0.2, 0.25) is 0 Å². The summed E-state index contributed by atoms with van der Waals surface area (Å²) in [5.41, 5.74) is 0.875. The largest absolute Gasteiger partial charge is 0.449 e. The van der Waals surface area contributed by atoms with E-state index >= 15 is 0 Å². The Hall–Kier alpha value is -2.54. The summed E-state index contributed by atoms with van der Waals surface area (Å²) in [4.78, 5) is 16.7. The van der Waals surface area contributed by atoms with Crippen molar-refractivity contribution in [3.05, 3.63) is 36.0 Å². The summed E-state index contributed by atoms with van der Waals surface area (Å²) in [5.74, 6) is 1.05. The second-order valence-corrected chi connectivity index (χ2v) is 6.68. The molecule has 0 aliphatic carbocycles. The minimum absolute atomic E-state index is 0.211. The molecule has 1 saturated heterocycles. The van der Waals surface area contributed by atoms with Gasteiger partial charge in [-0.25, -0.2) is 4.98 Å². The molecule has 0 spiro atoms. The zero-order valence-corrected chi connectivity index (χ0v) is 14.2. The molecule has 1 fully saturated rings. The van der Waals surface area contributed by atoms with Crippen LogP contribution in [0.3, 0.4) is 0 Å². The van der Waals surface area contributed by atoms with E-state index in [9.17, 15) is 4.79 Å². The van der Waals surface area contributed by atoms with Crippen LogP contribution in [-0.2, 0) is 4.74 Å². The molecule has 1 N–H and O–H groups in total. The fraction of sp³-hybridized carbons (Fsp3) is 0.444. The fourth-order valence-electron chi connectivity index (χ4n) is 3.02. The van der Waals surface area contributed by atoms with Gasteiger partial charge in [0, 0.05) is 44.7 Å². The minimum Gasteiger partial charge on any atom is -0.449 e. The summed E-state index contributed by atoms with van der Waals surface area (Å²) in [6.07, 6.45) is 3.12. The van der Waals surface area contributed by atoms with E-state index in [1.165, 1.54) is 6.26 Å². The fourth-order valence-corrected chi connectivity index (χ4v) is 3.02. The first kappa shape index (κ1) is 16.0. The summed E-state index contributed by atoms with van der Waals surface area (Å²) < 4.78 is 22.1. The third-order valence-corrected chi connectivity index (χ3v) is 4.24. The van der Waals surface area contributed by atoms with Crippen LogP contribution in [0.15, 0.2) is 28.9 Å². The lowest BCUT2D eigenvalue weighted by Crippen LogP contribution is -2.29. The number of oxazole rings is 1. The van der Waals surface area contributed by atoms with E-state index in [-0.39, 0.29) is 17.5 Å². The summed E-state index contributed by atoms with van der Waals surface area (Å²) in [5, 5.41) is 2.81. The molecule has 2 aliphatic heterocycles. The molecule has 0 bridgehead atoms. The van der Waals surface area contributed by atoms with Crippen molar-refractivity contribution in [2.24, 2.45) is 0 Å². The van der Waals surface area contributed by atoms with Crippen molar-refractivity contribution in [3.63, 3.8) is 0 Å². The molecule has 7 nitrogen and oxygen atoms in total. The maximum Gasteiger partial charge on any atom is 0.277 e. The molecule has 1 aromatic heterocycles. The number of ether oxygens (including phenoxy) is 3. The lowest BCUT2D eigenvalue weighted by atomic mass is 10.0. The quantitative estimate of drug-likeness (QED) is 0.919. The monoisotopic (exact) mass is 344 g/mol. The van der Waals surface area contributed by atoms with Crippen molar-refractivity contribution in [2.75, 3.05) is 18.5 Å². The van der Waals surface area contributed by atoms with E-state index in [4.69, 9.17) is 18.6 Å². The van der Waals surface area contributed by atoms with Gasteiger partial charge in [0.15, 0.2) is 23.1 Å². The highest BCUT2D eigenvalue weighted by Gasteiger charge is 2.31. The molecule has 25 heavy (non-hydrogen) atoms. The molecule has 132 valence electrons. The van der Waals surface area contributed by atoms with Gasteiger partial charge in [-0.2, -0.15) is 0 Å². The van der Waals surface area contributed by atoms with Crippen LogP contribution in [0.4, 0.5) is 5.69 Å². The minimum atomic E-state index is -0.699. The lowest BCUT2D eigenvalue weighted by Gasteiger charge is -2.18. The molecule has 0 saturated carbocycles. The van der Waals surface area contributed by atoms with Gasteiger partial charge in [0.05, 0.1) is 0 Å². The zero-order chi connectivity index (χ0) is 17.4. The second kappa shape index (κ2) is 6.07. The van der Waals surface area contributed by atoms with E-state index in [1.54, 1.807) is 18.2 Å². The maximum atomic E-state index is 12.4. The number of hydrogen-bond donors (Lipinski definition) is 1. The lowest BCUT2D eigenvalue weighted by molar-refractivity contribution is -0.0431. The van der Waals surface area contributed by atoms with Gasteiger partial charge < -0.3 is 23.9 Å². The number of nitrogens with one attached hydrogen (secondary N) is 1. The number of aromatic nitrogens is 1. The van der Waals surface area contributed by atoms with E-state index in [0.717, 1.165) is 12.8 Å². The smallest absolute Gasteiger partial charge is 0.277 e. The number of hydrogen-bond acceptors (Lipinski definition) is 6. The Balaban J connectivity index is 1.45. The summed E-state index contributed by atoms with van der Waals surface area (Å²) in [6.45, 7) is 5.06. The molecule has 3 heterocycles. The van der Waals surface area contributed by atoms with Crippen LogP contribution in [0, 0.1) is 0 Å². The number of nitrogens with zero attached hydrogens (tertiary/aromatic N) is 1. The Morgan fingerprint density at radius 1 is 1.20 bits per heavy atom. The number of fused-ring (bicyclic) bond motifs is 1. The van der Waals surface area contributed by atoms with Crippen molar-refractivity contribution in [2.45, 2.75) is 38.4 Å². The molecule has 0 radical (unpaired) electrons. The van der Waals surface area contributed by atoms with E-state index in [2.05, 4.69) is 10.3 Å². The molecule has 2 aromatic rings. The number of carbonyl (C=O) groups excluding carboxylic acids is 1. The SMILES string of the molecule is CC1(C)Oc2ccc(NC(=O)c3coc(C4CCOCC4)n3)cc2O1. The first-order chi connectivity index (χ1) is 12.0. The van der Waals surface area contributed by atoms with Crippen LogP contribution in [0.25, 0.3) is 0 Å². The van der Waals surface area contributed by atoms with Crippen LogP contribution < -0.4 is 14.8 Å². The van der Waals surface area contributed by atoms with Crippen LogP contribution in [0.1, 0.15) is 49.0 Å². The number of rotatable bonds is 3. The van der Waals surface area contributed by atoms with E-state index in [1.807, 2.05) is 13.8 Å². The van der Waals surface area contributed by atoms with Gasteiger partial charge in [-0.3, -0.25) is 4.79 Å². The average Bonchev–Trinajstić information content (AvgIpc) is 3.18. The van der Waals surface area contributed by atoms with Crippen LogP contribution in [0.5, 0.6) is 11.5 Å². The second-order valence-electron chi connectivity index (χ2n) is 6.68. The van der Waals surface area contributed by atoms with Gasteiger partial charge in [-0.15, -0.1) is 0 Å². The Morgan fingerprint density at radius 2 is 1.96 bits per heavy atom. The topological polar surface area (TPSA) is 82.8 Å². The molecule has 2 aliphatic rings. The van der Waals surface area contributed by atoms with Crippen molar-refractivity contribution >= 4 is 11.6 Å². The van der Waals surface area contributed by atoms with Gasteiger partial charge in [-0.1, -0.05) is 0 Å². The standard InChI is InChI=1S/C18H20N2O5/c1-18(2)24-14-4-3-12(9-15(14)25-18)19-16(21)13-10-23-17(20-13)11-5-7-22-8-6-11/h3-4,9-11H,5-8H2,1-2H3,(H,19,21). The zero-order valence-electron chi connectivity index (χ0n) is 14.2. The first-order valence-electron chi connectivity index (χ1n) is 8.37. The van der Waals surface area contributed by atoms with E-state index in [0.29, 0.717) is 36.3 Å². The average molecular weight is 344 g/mol. The third-order valence-electron chi connectivity index (χ3n) is 4.24.